The molecule has 0 saturated carbocycles. The van der Waals surface area contributed by atoms with Crippen LogP contribution in [0.25, 0.3) is 142 Å². The summed E-state index contributed by atoms with van der Waals surface area (Å²) in [6, 6.07) is 66.6. The first-order chi connectivity index (χ1) is 32.2. The molecule has 0 fully saturated rings. The summed E-state index contributed by atoms with van der Waals surface area (Å²) in [5.74, 6) is -0.602. The van der Waals surface area contributed by atoms with Crippen LogP contribution in [0.4, 0.5) is 5.69 Å². The molecule has 0 saturated heterocycles. The van der Waals surface area contributed by atoms with Crippen LogP contribution in [0.3, 0.4) is 0 Å². The van der Waals surface area contributed by atoms with E-state index in [9.17, 15) is 0 Å². The van der Waals surface area contributed by atoms with E-state index in [1.54, 1.807) is 0 Å². The van der Waals surface area contributed by atoms with Crippen LogP contribution in [0, 0.1) is 0 Å². The first-order valence-electron chi connectivity index (χ1n) is 22.4. The van der Waals surface area contributed by atoms with Crippen molar-refractivity contribution in [3.8, 4) is 66.8 Å². The summed E-state index contributed by atoms with van der Waals surface area (Å²) in [4.78, 5) is 31.6. The molecule has 0 radical (unpaired) electrons. The number of benzene rings is 13. The molecule has 1 heterocycles. The number of carbonyl (C=O) groups is 2. The summed E-state index contributed by atoms with van der Waals surface area (Å²) >= 11 is 0. The molecule has 0 bridgehead atoms. The van der Waals surface area contributed by atoms with E-state index in [2.05, 4.69) is 121 Å². The van der Waals surface area contributed by atoms with Crippen LogP contribution in [0.2, 0.25) is 0 Å². The normalized spacial score (nSPS) is 13.6. The lowest BCUT2D eigenvalue weighted by Gasteiger charge is -2.20. The van der Waals surface area contributed by atoms with Crippen LogP contribution >= 0.6 is 0 Å². The zero-order valence-electron chi connectivity index (χ0n) is 34.7. The third kappa shape index (κ3) is 3.92. The number of amides is 2. The van der Waals surface area contributed by atoms with Crippen LogP contribution in [-0.4, -0.2) is 11.8 Å². The number of anilines is 1. The summed E-state index contributed by atoms with van der Waals surface area (Å²) in [5.41, 5.74) is 14.4. The number of imide groups is 1. The first-order valence-corrected chi connectivity index (χ1v) is 22.4. The SMILES string of the molecule is O=C1c2c(c(-c3ccccc3)c3c(c2-c2ccccc2)-c2ccc4c5ccc6c7ccc8c9c(ccc(c%10ccc(c%11ccc-3c2c4%11)c5c6%10)c97)-c2ccccc2-8)C(=O)N1c1ccccc1. The van der Waals surface area contributed by atoms with Crippen LogP contribution in [-0.2, 0) is 0 Å². The summed E-state index contributed by atoms with van der Waals surface area (Å²) < 4.78 is 0. The largest absolute Gasteiger partial charge is 0.268 e. The van der Waals surface area contributed by atoms with E-state index in [-0.39, 0.29) is 11.8 Å². The topological polar surface area (TPSA) is 37.4 Å². The lowest BCUT2D eigenvalue weighted by molar-refractivity contribution is 0.0926. The van der Waals surface area contributed by atoms with E-state index in [4.69, 9.17) is 0 Å². The Labute approximate surface area is 371 Å². The third-order valence-corrected chi connectivity index (χ3v) is 15.2. The molecule has 296 valence electrons. The minimum Gasteiger partial charge on any atom is -0.268 e. The van der Waals surface area contributed by atoms with Crippen LogP contribution in [0.5, 0.6) is 0 Å². The summed E-state index contributed by atoms with van der Waals surface area (Å²) in [6.45, 7) is 0. The van der Waals surface area contributed by atoms with Gasteiger partial charge in [0.2, 0.25) is 0 Å². The van der Waals surface area contributed by atoms with Gasteiger partial charge in [0.05, 0.1) is 16.8 Å². The van der Waals surface area contributed by atoms with Crippen LogP contribution in [0.1, 0.15) is 20.7 Å². The zero-order valence-corrected chi connectivity index (χ0v) is 34.7. The average Bonchev–Trinajstić information content (AvgIpc) is 3.97. The van der Waals surface area contributed by atoms with Gasteiger partial charge in [-0.3, -0.25) is 9.59 Å². The lowest BCUT2D eigenvalue weighted by Crippen LogP contribution is -2.29. The van der Waals surface area contributed by atoms with Gasteiger partial charge in [-0.1, -0.05) is 176 Å². The quantitative estimate of drug-likeness (QED) is 0.101. The molecule has 3 aliphatic rings. The van der Waals surface area contributed by atoms with Crippen molar-refractivity contribution in [2.24, 2.45) is 0 Å². The number of nitrogens with zero attached hydrogens (tertiary/aromatic N) is 1. The van der Waals surface area contributed by atoms with E-state index in [1.165, 1.54) is 103 Å². The second kappa shape index (κ2) is 11.7. The molecule has 65 heavy (non-hydrogen) atoms. The molecule has 13 aromatic rings. The van der Waals surface area contributed by atoms with Crippen molar-refractivity contribution < 1.29 is 9.59 Å². The zero-order chi connectivity index (χ0) is 42.4. The Hall–Kier alpha value is -8.66. The predicted molar refractivity (Wildman–Crippen MR) is 269 cm³/mol. The molecule has 0 spiro atoms. The number of hydrogen-bond acceptors (Lipinski definition) is 2. The Morgan fingerprint density at radius 1 is 0.231 bits per heavy atom. The molecule has 0 atom stereocenters. The minimum atomic E-state index is -0.301. The number of fused-ring (bicyclic) bond motifs is 11. The lowest BCUT2D eigenvalue weighted by atomic mass is 9.81. The molecule has 16 rings (SSSR count). The summed E-state index contributed by atoms with van der Waals surface area (Å²) in [7, 11) is 0. The standard InChI is InChI=1S/C62H31NO2/c64-61-59-49(32-12-4-1-5-13-32)57-47-30-28-45-43-26-24-41-39-22-20-37-35-18-10-11-19-36(35)38-21-23-40(52(39)51(37)38)42-25-27-44(54(43)53(41)42)46-29-31-48(56(47)55(45)46)58(57)50(33-14-6-2-7-15-33)60(59)62(65)63(61)34-16-8-3-9-17-34/h1-31H. The number of carbonyl (C=O) groups excluding carboxylic acids is 2. The van der Waals surface area contributed by atoms with E-state index >= 15 is 9.59 Å². The molecule has 3 nitrogen and oxygen atoms in total. The maximum absolute atomic E-state index is 15.1. The van der Waals surface area contributed by atoms with Crippen molar-refractivity contribution in [3.05, 3.63) is 199 Å². The molecule has 3 heteroatoms. The van der Waals surface area contributed by atoms with Crippen LogP contribution in [0.15, 0.2) is 188 Å². The van der Waals surface area contributed by atoms with Crippen molar-refractivity contribution in [1.82, 2.24) is 0 Å². The van der Waals surface area contributed by atoms with E-state index in [0.717, 1.165) is 44.5 Å². The van der Waals surface area contributed by atoms with Gasteiger partial charge >= 0.3 is 0 Å². The highest BCUT2D eigenvalue weighted by molar-refractivity contribution is 6.46. The van der Waals surface area contributed by atoms with Crippen molar-refractivity contribution >= 4 is 92.9 Å². The fourth-order valence-electron chi connectivity index (χ4n) is 12.7. The second-order valence-corrected chi connectivity index (χ2v) is 18.0. The highest BCUT2D eigenvalue weighted by Crippen LogP contribution is 2.61. The molecule has 2 amide bonds. The molecule has 1 aliphatic heterocycles. The van der Waals surface area contributed by atoms with Gasteiger partial charge in [-0.25, -0.2) is 4.90 Å². The van der Waals surface area contributed by atoms with Crippen molar-refractivity contribution in [2.45, 2.75) is 0 Å². The molecule has 0 N–H and O–H groups in total. The van der Waals surface area contributed by atoms with Gasteiger partial charge in [-0.05, 0) is 143 Å². The van der Waals surface area contributed by atoms with Gasteiger partial charge in [0.25, 0.3) is 11.8 Å². The van der Waals surface area contributed by atoms with Gasteiger partial charge in [0, 0.05) is 11.1 Å². The molecule has 0 aromatic heterocycles. The first kappa shape index (κ1) is 33.9. The molecule has 13 aromatic carbocycles. The molecular formula is C62H31NO2. The summed E-state index contributed by atoms with van der Waals surface area (Å²) in [6.07, 6.45) is 0. The third-order valence-electron chi connectivity index (χ3n) is 15.2. The van der Waals surface area contributed by atoms with Crippen LogP contribution < -0.4 is 4.90 Å². The van der Waals surface area contributed by atoms with E-state index < -0.39 is 0 Å². The maximum atomic E-state index is 15.1. The van der Waals surface area contributed by atoms with Gasteiger partial charge in [-0.15, -0.1) is 0 Å². The van der Waals surface area contributed by atoms with Crippen molar-refractivity contribution in [1.29, 1.82) is 0 Å². The number of para-hydroxylation sites is 1. The van der Waals surface area contributed by atoms with Crippen molar-refractivity contribution in [3.63, 3.8) is 0 Å². The Morgan fingerprint density at radius 2 is 0.538 bits per heavy atom. The average molecular weight is 822 g/mol. The van der Waals surface area contributed by atoms with E-state index in [0.29, 0.717) is 16.8 Å². The minimum absolute atomic E-state index is 0.301. The fourth-order valence-corrected chi connectivity index (χ4v) is 12.7. The predicted octanol–water partition coefficient (Wildman–Crippen LogP) is 16.1. The monoisotopic (exact) mass is 821 g/mol. The van der Waals surface area contributed by atoms with Crippen molar-refractivity contribution in [2.75, 3.05) is 4.90 Å². The highest BCUT2D eigenvalue weighted by atomic mass is 16.2. The Balaban J connectivity index is 1.03. The number of rotatable bonds is 3. The molecular weight excluding hydrogens is 791 g/mol. The second-order valence-electron chi connectivity index (χ2n) is 18.0. The molecule has 0 unspecified atom stereocenters. The van der Waals surface area contributed by atoms with Gasteiger partial charge in [-0.2, -0.15) is 0 Å². The number of hydrogen-bond donors (Lipinski definition) is 0. The maximum Gasteiger partial charge on any atom is 0.266 e. The van der Waals surface area contributed by atoms with E-state index in [1.807, 2.05) is 66.7 Å². The van der Waals surface area contributed by atoms with Gasteiger partial charge < -0.3 is 0 Å². The van der Waals surface area contributed by atoms with Gasteiger partial charge in [0.15, 0.2) is 0 Å². The smallest absolute Gasteiger partial charge is 0.266 e. The Morgan fingerprint density at radius 3 is 0.938 bits per heavy atom. The Kier molecular flexibility index (Phi) is 6.09. The Bertz CT molecular complexity index is 4110. The van der Waals surface area contributed by atoms with Gasteiger partial charge in [0.1, 0.15) is 0 Å². The highest BCUT2D eigenvalue weighted by Gasteiger charge is 2.45. The summed E-state index contributed by atoms with van der Waals surface area (Å²) in [5, 5.41) is 17.7. The molecule has 2 aliphatic carbocycles. The fraction of sp³-hybridized carbons (Fsp3) is 0.